The van der Waals surface area contributed by atoms with Gasteiger partial charge in [-0.3, -0.25) is 4.79 Å². The second kappa shape index (κ2) is 6.99. The Morgan fingerprint density at radius 3 is 2.56 bits per heavy atom. The third kappa shape index (κ3) is 2.71. The Kier molecular flexibility index (Phi) is 4.56. The van der Waals surface area contributed by atoms with Crippen LogP contribution in [-0.4, -0.2) is 66.3 Å². The zero-order valence-corrected chi connectivity index (χ0v) is 17.9. The molecular formula is C23H24O9. The van der Waals surface area contributed by atoms with E-state index in [1.807, 2.05) is 0 Å². The van der Waals surface area contributed by atoms with E-state index in [-0.39, 0.29) is 24.2 Å². The van der Waals surface area contributed by atoms with E-state index < -0.39 is 35.8 Å². The van der Waals surface area contributed by atoms with E-state index in [4.69, 9.17) is 23.7 Å². The number of carbonyl (C=O) groups is 1. The van der Waals surface area contributed by atoms with E-state index in [9.17, 15) is 20.1 Å². The third-order valence-electron chi connectivity index (χ3n) is 6.49. The number of fused-ring (bicyclic) bond motifs is 6. The van der Waals surface area contributed by atoms with Crippen LogP contribution in [0.3, 0.4) is 0 Å². The Balaban J connectivity index is 1.59. The van der Waals surface area contributed by atoms with Crippen molar-refractivity contribution in [1.29, 1.82) is 0 Å². The second-order valence-corrected chi connectivity index (χ2v) is 8.46. The molecule has 0 aliphatic carbocycles. The number of aliphatic hydroxyl groups is 3. The summed E-state index contributed by atoms with van der Waals surface area (Å²) < 4.78 is 28.4. The van der Waals surface area contributed by atoms with Crippen LogP contribution in [0.25, 0.3) is 0 Å². The summed E-state index contributed by atoms with van der Waals surface area (Å²) in [7, 11) is 2.95. The van der Waals surface area contributed by atoms with Gasteiger partial charge in [0.15, 0.2) is 23.2 Å². The first-order chi connectivity index (χ1) is 15.2. The lowest BCUT2D eigenvalue weighted by molar-refractivity contribution is -0.0805. The highest BCUT2D eigenvalue weighted by Crippen LogP contribution is 2.51. The lowest BCUT2D eigenvalue weighted by Crippen LogP contribution is -2.57. The highest BCUT2D eigenvalue weighted by atomic mass is 16.6. The lowest BCUT2D eigenvalue weighted by atomic mass is 9.77. The van der Waals surface area contributed by atoms with Crippen molar-refractivity contribution in [3.05, 3.63) is 41.0 Å². The summed E-state index contributed by atoms with van der Waals surface area (Å²) in [6.45, 7) is 0.937. The van der Waals surface area contributed by atoms with Crippen LogP contribution in [0.1, 0.15) is 28.4 Å². The van der Waals surface area contributed by atoms with Crippen molar-refractivity contribution in [1.82, 2.24) is 0 Å². The minimum absolute atomic E-state index is 0.0630. The van der Waals surface area contributed by atoms with E-state index in [0.717, 1.165) is 0 Å². The predicted molar refractivity (Wildman–Crippen MR) is 110 cm³/mol. The maximum atomic E-state index is 13.6. The van der Waals surface area contributed by atoms with Crippen molar-refractivity contribution in [3.63, 3.8) is 0 Å². The molecule has 0 aromatic heterocycles. The number of hydrogen-bond donors (Lipinski definition) is 3. The molecule has 0 radical (unpaired) electrons. The Hall–Kier alpha value is -3.01. The summed E-state index contributed by atoms with van der Waals surface area (Å²) >= 11 is 0. The zero-order chi connectivity index (χ0) is 22.8. The predicted octanol–water partition coefficient (Wildman–Crippen LogP) is 0.974. The van der Waals surface area contributed by atoms with E-state index in [1.165, 1.54) is 33.3 Å². The Morgan fingerprint density at radius 2 is 1.88 bits per heavy atom. The molecule has 5 rings (SSSR count). The van der Waals surface area contributed by atoms with Crippen molar-refractivity contribution >= 4 is 5.78 Å². The molecule has 32 heavy (non-hydrogen) atoms. The standard InChI is InChI=1S/C23H24O9/c1-22(26,10-24)18-6-12-14(31-18)5-4-11-20(12)32-19-9-30-15-8-17(29-3)16(28-2)7-13(15)23(19,27)21(11)25/h4-5,7-8,18-19,24,26-27H,6,9-10H2,1-3H3/t18-,19+,22+,23+/m0/s1. The molecule has 9 nitrogen and oxygen atoms in total. The molecule has 0 saturated heterocycles. The number of rotatable bonds is 4. The fourth-order valence-corrected chi connectivity index (χ4v) is 4.53. The maximum absolute atomic E-state index is 13.6. The molecule has 0 bridgehead atoms. The van der Waals surface area contributed by atoms with Crippen LogP contribution in [0.4, 0.5) is 0 Å². The number of aliphatic hydroxyl groups excluding tert-OH is 1. The third-order valence-corrected chi connectivity index (χ3v) is 6.49. The number of Topliss-reactive ketones (excluding diaryl/α,β-unsaturated/α-hetero) is 1. The van der Waals surface area contributed by atoms with Crippen LogP contribution in [0.2, 0.25) is 0 Å². The normalized spacial score (nSPS) is 26.9. The first-order valence-corrected chi connectivity index (χ1v) is 10.2. The molecule has 2 aromatic carbocycles. The first-order valence-electron chi connectivity index (χ1n) is 10.2. The summed E-state index contributed by atoms with van der Waals surface area (Å²) in [6.07, 6.45) is -1.46. The van der Waals surface area contributed by atoms with Crippen LogP contribution >= 0.6 is 0 Å². The van der Waals surface area contributed by atoms with Gasteiger partial charge in [0.1, 0.15) is 35.6 Å². The summed E-state index contributed by atoms with van der Waals surface area (Å²) in [5, 5.41) is 31.6. The summed E-state index contributed by atoms with van der Waals surface area (Å²) in [5.41, 5.74) is -2.40. The Labute approximate surface area is 184 Å². The molecule has 9 heteroatoms. The Bertz CT molecular complexity index is 1110. The number of methoxy groups -OCH3 is 2. The van der Waals surface area contributed by atoms with E-state index in [1.54, 1.807) is 12.1 Å². The molecule has 0 saturated carbocycles. The van der Waals surface area contributed by atoms with Gasteiger partial charge in [-0.15, -0.1) is 0 Å². The van der Waals surface area contributed by atoms with E-state index in [2.05, 4.69) is 0 Å². The van der Waals surface area contributed by atoms with Gasteiger partial charge in [0, 0.05) is 23.6 Å². The molecule has 0 fully saturated rings. The van der Waals surface area contributed by atoms with Crippen LogP contribution in [-0.2, 0) is 12.0 Å². The number of hydrogen-bond acceptors (Lipinski definition) is 9. The topological polar surface area (TPSA) is 124 Å². The molecule has 4 atom stereocenters. The van der Waals surface area contributed by atoms with Gasteiger partial charge in [-0.25, -0.2) is 0 Å². The summed E-state index contributed by atoms with van der Waals surface area (Å²) in [6, 6.07) is 6.25. The second-order valence-electron chi connectivity index (χ2n) is 8.46. The van der Waals surface area contributed by atoms with Gasteiger partial charge in [0.05, 0.1) is 26.4 Å². The highest BCUT2D eigenvalue weighted by molar-refractivity contribution is 6.07. The van der Waals surface area contributed by atoms with Gasteiger partial charge in [-0.05, 0) is 25.1 Å². The van der Waals surface area contributed by atoms with Crippen molar-refractivity contribution < 1.29 is 43.8 Å². The summed E-state index contributed by atoms with van der Waals surface area (Å²) in [4.78, 5) is 13.6. The molecule has 3 N–H and O–H groups in total. The minimum atomic E-state index is -1.98. The van der Waals surface area contributed by atoms with Gasteiger partial charge < -0.3 is 39.0 Å². The van der Waals surface area contributed by atoms with Crippen LogP contribution in [0, 0.1) is 0 Å². The van der Waals surface area contributed by atoms with E-state index >= 15 is 0 Å². The zero-order valence-electron chi connectivity index (χ0n) is 17.9. The lowest BCUT2D eigenvalue weighted by Gasteiger charge is -2.43. The SMILES string of the molecule is COc1cc2c(cc1OC)[C@]1(O)C(=O)c3ccc4c(c3O[C@@H]1CO2)C[C@@H]([C@](C)(O)CO)O4. The average molecular weight is 444 g/mol. The fraction of sp³-hybridized carbons (Fsp3) is 0.435. The van der Waals surface area contributed by atoms with Gasteiger partial charge in [0.2, 0.25) is 5.78 Å². The number of carbonyl (C=O) groups excluding carboxylic acids is 1. The van der Waals surface area contributed by atoms with E-state index in [0.29, 0.717) is 34.3 Å². The first kappa shape index (κ1) is 20.9. The maximum Gasteiger partial charge on any atom is 0.206 e. The molecule has 3 heterocycles. The van der Waals surface area contributed by atoms with Crippen molar-refractivity contribution in [3.8, 4) is 28.7 Å². The Morgan fingerprint density at radius 1 is 1.16 bits per heavy atom. The molecule has 3 aliphatic heterocycles. The van der Waals surface area contributed by atoms with Crippen LogP contribution in [0.5, 0.6) is 28.7 Å². The van der Waals surface area contributed by atoms with Gasteiger partial charge >= 0.3 is 0 Å². The monoisotopic (exact) mass is 444 g/mol. The molecular weight excluding hydrogens is 420 g/mol. The highest BCUT2D eigenvalue weighted by Gasteiger charge is 2.57. The van der Waals surface area contributed by atoms with Gasteiger partial charge in [0.25, 0.3) is 0 Å². The van der Waals surface area contributed by atoms with Crippen molar-refractivity contribution in [2.75, 3.05) is 27.4 Å². The smallest absolute Gasteiger partial charge is 0.206 e. The minimum Gasteiger partial charge on any atom is -0.493 e. The quantitative estimate of drug-likeness (QED) is 0.633. The molecule has 0 amide bonds. The van der Waals surface area contributed by atoms with Gasteiger partial charge in [-0.2, -0.15) is 0 Å². The van der Waals surface area contributed by atoms with Crippen molar-refractivity contribution in [2.45, 2.75) is 36.8 Å². The molecule has 170 valence electrons. The van der Waals surface area contributed by atoms with Crippen LogP contribution < -0.4 is 23.7 Å². The largest absolute Gasteiger partial charge is 0.493 e. The molecule has 2 aromatic rings. The molecule has 0 unspecified atom stereocenters. The van der Waals surface area contributed by atoms with Crippen molar-refractivity contribution in [2.24, 2.45) is 0 Å². The van der Waals surface area contributed by atoms with Crippen LogP contribution in [0.15, 0.2) is 24.3 Å². The molecule has 3 aliphatic rings. The van der Waals surface area contributed by atoms with Gasteiger partial charge in [-0.1, -0.05) is 0 Å². The number of benzene rings is 2. The number of ether oxygens (including phenoxy) is 5. The fourth-order valence-electron chi connectivity index (χ4n) is 4.53. The average Bonchev–Trinajstić information content (AvgIpc) is 3.25. The summed E-state index contributed by atoms with van der Waals surface area (Å²) in [5.74, 6) is 1.30. The number of ketones is 1. The molecule has 0 spiro atoms.